The van der Waals surface area contributed by atoms with E-state index in [1.54, 1.807) is 48.5 Å². The molecule has 5 rings (SSSR count). The van der Waals surface area contributed by atoms with Crippen LogP contribution in [0.3, 0.4) is 0 Å². The Morgan fingerprint density at radius 2 is 1.00 bits per heavy atom. The Morgan fingerprint density at radius 1 is 0.585 bits per heavy atom. The van der Waals surface area contributed by atoms with Crippen molar-refractivity contribution in [3.8, 4) is 0 Å². The van der Waals surface area contributed by atoms with Crippen LogP contribution in [0.25, 0.3) is 0 Å². The van der Waals surface area contributed by atoms with Gasteiger partial charge in [0.2, 0.25) is 0 Å². The predicted molar refractivity (Wildman–Crippen MR) is 167 cm³/mol. The van der Waals surface area contributed by atoms with Crippen molar-refractivity contribution in [2.75, 3.05) is 5.32 Å². The van der Waals surface area contributed by atoms with Crippen molar-refractivity contribution in [1.82, 2.24) is 5.32 Å². The third kappa shape index (κ3) is 6.93. The molecule has 0 radical (unpaired) electrons. The second kappa shape index (κ2) is 13.9. The number of amides is 2. The number of anilines is 1. The van der Waals surface area contributed by atoms with Gasteiger partial charge in [-0.25, -0.2) is 0 Å². The van der Waals surface area contributed by atoms with Gasteiger partial charge in [-0.1, -0.05) is 84.4 Å². The smallest absolute Gasteiger partial charge is 0.275 e. The summed E-state index contributed by atoms with van der Waals surface area (Å²) in [6, 6.07) is 46.2. The molecular formula is C34H27Cl2N2O2P. The van der Waals surface area contributed by atoms with Crippen LogP contribution in [0.4, 0.5) is 5.69 Å². The Bertz CT molecular complexity index is 1520. The summed E-state index contributed by atoms with van der Waals surface area (Å²) in [7, 11) is -2.58. The molecule has 4 nitrogen and oxygen atoms in total. The second-order valence-electron chi connectivity index (χ2n) is 9.05. The third-order valence-electron chi connectivity index (χ3n) is 6.44. The molecule has 0 atom stereocenters. The highest BCUT2D eigenvalue weighted by atomic mass is 35.5. The summed E-state index contributed by atoms with van der Waals surface area (Å²) in [5, 5.41) is 9.61. The van der Waals surface area contributed by atoms with Crippen molar-refractivity contribution in [1.29, 1.82) is 0 Å². The Morgan fingerprint density at radius 3 is 1.44 bits per heavy atom. The summed E-state index contributed by atoms with van der Waals surface area (Å²) < 4.78 is 0. The van der Waals surface area contributed by atoms with Crippen LogP contribution in [0.2, 0.25) is 5.02 Å². The summed E-state index contributed by atoms with van der Waals surface area (Å²) in [6.45, 7) is 0. The van der Waals surface area contributed by atoms with E-state index in [0.717, 1.165) is 15.9 Å². The first kappa shape index (κ1) is 29.8. The molecule has 0 aliphatic carbocycles. The van der Waals surface area contributed by atoms with Crippen LogP contribution in [0, 0.1) is 0 Å². The van der Waals surface area contributed by atoms with Crippen molar-refractivity contribution in [3.05, 3.63) is 168 Å². The average Bonchev–Trinajstić information content (AvgIpc) is 3.02. The maximum atomic E-state index is 13.9. The Labute approximate surface area is 251 Å². The van der Waals surface area contributed by atoms with Gasteiger partial charge < -0.3 is 23.0 Å². The number of benzene rings is 5. The van der Waals surface area contributed by atoms with Crippen molar-refractivity contribution in [3.63, 3.8) is 0 Å². The maximum absolute atomic E-state index is 13.9. The van der Waals surface area contributed by atoms with Crippen LogP contribution in [-0.2, 0) is 4.79 Å². The van der Waals surface area contributed by atoms with Crippen LogP contribution < -0.4 is 39.0 Å². The molecule has 0 saturated carbocycles. The number of rotatable bonds is 8. The molecule has 0 heterocycles. The zero-order valence-corrected chi connectivity index (χ0v) is 24.4. The van der Waals surface area contributed by atoms with Crippen LogP contribution in [0.1, 0.15) is 10.4 Å². The van der Waals surface area contributed by atoms with E-state index in [0.29, 0.717) is 16.3 Å². The van der Waals surface area contributed by atoms with Crippen LogP contribution in [0.5, 0.6) is 0 Å². The molecule has 0 spiro atoms. The quantitative estimate of drug-likeness (QED) is 0.213. The number of hydrogen-bond acceptors (Lipinski definition) is 2. The van der Waals surface area contributed by atoms with Gasteiger partial charge in [0, 0.05) is 16.3 Å². The van der Waals surface area contributed by atoms with Crippen molar-refractivity contribution in [2.45, 2.75) is 0 Å². The molecule has 5 aromatic rings. The number of carbonyl (C=O) groups is 2. The molecule has 7 heteroatoms. The average molecular weight is 597 g/mol. The maximum Gasteiger partial charge on any atom is 0.275 e. The number of nitrogens with one attached hydrogen (secondary N) is 2. The van der Waals surface area contributed by atoms with Crippen molar-refractivity contribution >= 4 is 52.3 Å². The Hall–Kier alpha value is -4.21. The summed E-state index contributed by atoms with van der Waals surface area (Å²) >= 11 is 6.06. The minimum atomic E-state index is -2.58. The molecule has 2 N–H and O–H groups in total. The van der Waals surface area contributed by atoms with Crippen LogP contribution in [-0.4, -0.2) is 11.8 Å². The summed E-state index contributed by atoms with van der Waals surface area (Å²) in [6.07, 6.45) is 0. The predicted octanol–water partition coefficient (Wildman–Crippen LogP) is 3.55. The molecule has 5 aromatic carbocycles. The van der Waals surface area contributed by atoms with Gasteiger partial charge in [0.25, 0.3) is 11.8 Å². The molecule has 0 aliphatic heterocycles. The van der Waals surface area contributed by atoms with Crippen molar-refractivity contribution in [2.24, 2.45) is 0 Å². The van der Waals surface area contributed by atoms with Gasteiger partial charge in [0.15, 0.2) is 0 Å². The molecule has 0 aliphatic rings. The van der Waals surface area contributed by atoms with E-state index in [1.807, 2.05) is 66.5 Å². The van der Waals surface area contributed by atoms with Gasteiger partial charge in [0.1, 0.15) is 34.7 Å². The van der Waals surface area contributed by atoms with E-state index in [4.69, 9.17) is 11.6 Å². The lowest BCUT2D eigenvalue weighted by atomic mass is 10.2. The topological polar surface area (TPSA) is 58.2 Å². The highest BCUT2D eigenvalue weighted by Gasteiger charge is 2.45. The highest BCUT2D eigenvalue weighted by Crippen LogP contribution is 2.57. The van der Waals surface area contributed by atoms with E-state index in [-0.39, 0.29) is 24.0 Å². The van der Waals surface area contributed by atoms with E-state index in [9.17, 15) is 9.59 Å². The molecule has 0 aromatic heterocycles. The third-order valence-corrected chi connectivity index (χ3v) is 10.7. The monoisotopic (exact) mass is 596 g/mol. The first-order valence-electron chi connectivity index (χ1n) is 12.8. The first-order valence-corrected chi connectivity index (χ1v) is 15.0. The standard InChI is InChI=1S/C34H26ClN2O2P.ClH/c35-27-21-23-28(24-22-27)36-34(39)32(37-33(38)26-13-5-1-6-14-26)25-40(29-15-7-2-8-16-29,30-17-9-3-10-18-30)31-19-11-4-12-20-31;/h1-25H,(H-,36,37,38,39);1H/b32-25-;. The molecule has 41 heavy (non-hydrogen) atoms. The zero-order valence-electron chi connectivity index (χ0n) is 22.0. The highest BCUT2D eigenvalue weighted by molar-refractivity contribution is 7.98. The van der Waals surface area contributed by atoms with Crippen molar-refractivity contribution < 1.29 is 22.0 Å². The lowest BCUT2D eigenvalue weighted by Crippen LogP contribution is -3.00. The van der Waals surface area contributed by atoms with Gasteiger partial charge in [-0.15, -0.1) is 0 Å². The first-order chi connectivity index (χ1) is 19.6. The molecule has 204 valence electrons. The zero-order chi connectivity index (χ0) is 27.8. The summed E-state index contributed by atoms with van der Waals surface area (Å²) in [5.41, 5.74) is 1.18. The summed E-state index contributed by atoms with van der Waals surface area (Å²) in [5.74, 6) is 1.16. The second-order valence-corrected chi connectivity index (χ2v) is 12.7. The van der Waals surface area contributed by atoms with Gasteiger partial charge in [0.05, 0.1) is 0 Å². The molecule has 0 bridgehead atoms. The van der Waals surface area contributed by atoms with Crippen LogP contribution in [0.15, 0.2) is 157 Å². The van der Waals surface area contributed by atoms with Gasteiger partial charge in [-0.05, 0) is 72.8 Å². The minimum absolute atomic E-state index is 0. The lowest BCUT2D eigenvalue weighted by Gasteiger charge is -2.25. The van der Waals surface area contributed by atoms with Gasteiger partial charge >= 0.3 is 0 Å². The largest absolute Gasteiger partial charge is 1.00 e. The van der Waals surface area contributed by atoms with E-state index >= 15 is 0 Å². The summed E-state index contributed by atoms with van der Waals surface area (Å²) in [4.78, 5) is 27.3. The lowest BCUT2D eigenvalue weighted by molar-refractivity contribution is -0.113. The number of halogens is 2. The number of hydrogen-bond donors (Lipinski definition) is 2. The molecule has 0 fully saturated rings. The van der Waals surface area contributed by atoms with E-state index < -0.39 is 13.2 Å². The SMILES string of the molecule is O=C(Nc1ccc(Cl)cc1)/C(=C/[P+](c1ccccc1)(c1ccccc1)c1ccccc1)NC(=O)c1ccccc1.[Cl-]. The van der Waals surface area contributed by atoms with E-state index in [2.05, 4.69) is 47.0 Å². The Kier molecular flexibility index (Phi) is 10.1. The van der Waals surface area contributed by atoms with Gasteiger partial charge in [-0.2, -0.15) is 0 Å². The van der Waals surface area contributed by atoms with E-state index in [1.165, 1.54) is 0 Å². The van der Waals surface area contributed by atoms with Crippen LogP contribution >= 0.6 is 18.9 Å². The fourth-order valence-corrected chi connectivity index (χ4v) is 8.48. The molecule has 0 saturated heterocycles. The fourth-order valence-electron chi connectivity index (χ4n) is 4.52. The normalized spacial score (nSPS) is 11.2. The minimum Gasteiger partial charge on any atom is -1.00 e. The van der Waals surface area contributed by atoms with Gasteiger partial charge in [-0.3, -0.25) is 9.59 Å². The molecule has 0 unspecified atom stereocenters. The molecule has 2 amide bonds. The molecular weight excluding hydrogens is 570 g/mol. The fraction of sp³-hybridized carbons (Fsp3) is 0. The number of carbonyl (C=O) groups excluding carboxylic acids is 2. The Balaban J connectivity index is 0.00000387.